The molecule has 0 saturated heterocycles. The second-order valence-electron chi connectivity index (χ2n) is 7.20. The number of anilines is 3. The van der Waals surface area contributed by atoms with E-state index in [2.05, 4.69) is 16.7 Å². The number of hydrogen-bond donors (Lipinski definition) is 3. The maximum atomic E-state index is 12.2. The molecule has 1 atom stereocenters. The number of phenols is 1. The number of allylic oxidation sites excluding steroid dienone is 1. The Morgan fingerprint density at radius 3 is 2.59 bits per heavy atom. The van der Waals surface area contributed by atoms with E-state index < -0.39 is 10.9 Å². The van der Waals surface area contributed by atoms with E-state index in [1.807, 2.05) is 18.7 Å². The Kier molecular flexibility index (Phi) is 6.32. The van der Waals surface area contributed by atoms with Crippen molar-refractivity contribution in [3.63, 3.8) is 0 Å². The summed E-state index contributed by atoms with van der Waals surface area (Å²) < 4.78 is 0. The first-order chi connectivity index (χ1) is 13.8. The van der Waals surface area contributed by atoms with Crippen LogP contribution in [-0.2, 0) is 0 Å². The van der Waals surface area contributed by atoms with E-state index >= 15 is 0 Å². The van der Waals surface area contributed by atoms with Crippen LogP contribution in [0.25, 0.3) is 0 Å². The number of amides is 1. The Bertz CT molecular complexity index is 1020. The second-order valence-corrected chi connectivity index (χ2v) is 8.42. The van der Waals surface area contributed by atoms with Crippen molar-refractivity contribution in [2.24, 2.45) is 0 Å². The lowest BCUT2D eigenvalue weighted by Crippen LogP contribution is -2.39. The molecular formula is C21H25N3O4S. The van der Waals surface area contributed by atoms with Gasteiger partial charge >= 0.3 is 0 Å². The van der Waals surface area contributed by atoms with Gasteiger partial charge in [0.25, 0.3) is 16.8 Å². The number of nitrogens with zero attached hydrogens (tertiary/aromatic N) is 1. The number of rotatable bonds is 8. The maximum absolute atomic E-state index is 12.2. The molecule has 2 aromatic carbocycles. The number of carbonyl (C=O) groups excluding carboxylic acids is 1. The highest BCUT2D eigenvalue weighted by Gasteiger charge is 2.25. The van der Waals surface area contributed by atoms with Crippen LogP contribution in [0.1, 0.15) is 36.5 Å². The number of phenolic OH excluding ortho intramolecular Hbond substituents is 1. The molecule has 3 N–H and O–H groups in total. The van der Waals surface area contributed by atoms with Gasteiger partial charge in [-0.2, -0.15) is 0 Å². The lowest BCUT2D eigenvalue weighted by Gasteiger charge is -2.22. The third-order valence-corrected chi connectivity index (χ3v) is 6.05. The van der Waals surface area contributed by atoms with Crippen molar-refractivity contribution in [2.45, 2.75) is 32.2 Å². The molecule has 0 spiro atoms. The van der Waals surface area contributed by atoms with Crippen molar-refractivity contribution in [1.82, 2.24) is 4.90 Å². The van der Waals surface area contributed by atoms with Gasteiger partial charge in [-0.3, -0.25) is 14.4 Å². The van der Waals surface area contributed by atoms with Crippen LogP contribution in [0.15, 0.2) is 38.8 Å². The summed E-state index contributed by atoms with van der Waals surface area (Å²) >= 11 is 1.82. The van der Waals surface area contributed by atoms with Gasteiger partial charge in [-0.25, -0.2) is 0 Å². The molecule has 8 heteroatoms. The molecule has 1 heterocycles. The fourth-order valence-corrected chi connectivity index (χ4v) is 4.25. The van der Waals surface area contributed by atoms with E-state index in [1.165, 1.54) is 15.9 Å². The van der Waals surface area contributed by atoms with Gasteiger partial charge in [0.1, 0.15) is 11.4 Å². The lowest BCUT2D eigenvalue weighted by molar-refractivity contribution is 0.0824. The van der Waals surface area contributed by atoms with Gasteiger partial charge in [0, 0.05) is 25.9 Å². The summed E-state index contributed by atoms with van der Waals surface area (Å²) in [5.74, 6) is 0.465. The van der Waals surface area contributed by atoms with Crippen molar-refractivity contribution in [3.05, 3.63) is 55.2 Å². The number of thioether (sulfide) groups is 1. The number of benzene rings is 1. The normalized spacial score (nSPS) is 14.5. The highest BCUT2D eigenvalue weighted by molar-refractivity contribution is 8.03. The van der Waals surface area contributed by atoms with Crippen LogP contribution >= 0.6 is 11.8 Å². The summed E-state index contributed by atoms with van der Waals surface area (Å²) in [5, 5.41) is 16.5. The van der Waals surface area contributed by atoms with Gasteiger partial charge in [-0.15, -0.1) is 11.8 Å². The molecule has 0 aromatic heterocycles. The number of nitrogens with one attached hydrogen (secondary N) is 2. The van der Waals surface area contributed by atoms with E-state index in [-0.39, 0.29) is 40.3 Å². The molecular weight excluding hydrogens is 390 g/mol. The van der Waals surface area contributed by atoms with E-state index in [4.69, 9.17) is 0 Å². The summed E-state index contributed by atoms with van der Waals surface area (Å²) in [7, 11) is 3.17. The number of carbonyl (C=O) groups is 1. The highest BCUT2D eigenvalue weighted by Crippen LogP contribution is 2.33. The minimum Gasteiger partial charge on any atom is -0.505 e. The van der Waals surface area contributed by atoms with Crippen molar-refractivity contribution in [1.29, 1.82) is 0 Å². The zero-order valence-corrected chi connectivity index (χ0v) is 17.6. The molecule has 1 aliphatic heterocycles. The molecule has 29 heavy (non-hydrogen) atoms. The van der Waals surface area contributed by atoms with Crippen LogP contribution in [0.4, 0.5) is 17.1 Å². The van der Waals surface area contributed by atoms with E-state index in [1.54, 1.807) is 26.2 Å². The molecule has 154 valence electrons. The van der Waals surface area contributed by atoms with Crippen molar-refractivity contribution >= 4 is 34.7 Å². The minimum atomic E-state index is -0.638. The summed E-state index contributed by atoms with van der Waals surface area (Å²) in [6.07, 6.45) is 4.87. The van der Waals surface area contributed by atoms with Gasteiger partial charge in [0.05, 0.1) is 11.3 Å². The van der Waals surface area contributed by atoms with Crippen LogP contribution in [0, 0.1) is 0 Å². The Balaban J connectivity index is 1.82. The average molecular weight is 416 g/mol. The molecule has 1 amide bonds. The molecule has 3 rings (SSSR count). The third kappa shape index (κ3) is 4.32. The molecule has 2 aromatic rings. The quantitative estimate of drug-likeness (QED) is 0.450. The average Bonchev–Trinajstić information content (AvgIpc) is 3.22. The van der Waals surface area contributed by atoms with Crippen LogP contribution in [0.5, 0.6) is 5.75 Å². The predicted molar refractivity (Wildman–Crippen MR) is 118 cm³/mol. The molecule has 0 radical (unpaired) electrons. The largest absolute Gasteiger partial charge is 0.505 e. The number of para-hydroxylation sites is 1. The van der Waals surface area contributed by atoms with Gasteiger partial charge < -0.3 is 20.6 Å². The fourth-order valence-electron chi connectivity index (χ4n) is 3.20. The molecule has 7 nitrogen and oxygen atoms in total. The zero-order valence-electron chi connectivity index (χ0n) is 16.7. The molecule has 0 bridgehead atoms. The predicted octanol–water partition coefficient (Wildman–Crippen LogP) is 3.04. The topological polar surface area (TPSA) is 98.7 Å². The van der Waals surface area contributed by atoms with E-state index in [0.29, 0.717) is 0 Å². The maximum Gasteiger partial charge on any atom is 0.257 e. The highest BCUT2D eigenvalue weighted by atomic mass is 32.2. The first kappa shape index (κ1) is 21.0. The van der Waals surface area contributed by atoms with Crippen LogP contribution in [-0.4, -0.2) is 41.8 Å². The van der Waals surface area contributed by atoms with Crippen LogP contribution in [0.2, 0.25) is 0 Å². The lowest BCUT2D eigenvalue weighted by atomic mass is 10.1. The fraction of sp³-hybridized carbons (Fsp3) is 0.381. The Morgan fingerprint density at radius 2 is 1.97 bits per heavy atom. The minimum absolute atomic E-state index is 0.0333. The van der Waals surface area contributed by atoms with Gasteiger partial charge in [0.15, 0.2) is 5.75 Å². The van der Waals surface area contributed by atoms with Gasteiger partial charge in [-0.1, -0.05) is 19.1 Å². The Labute approximate surface area is 173 Å². The van der Waals surface area contributed by atoms with Crippen molar-refractivity contribution in [2.75, 3.05) is 30.5 Å². The Hall–Kier alpha value is -2.74. The standard InChI is InChI=1S/C21H25N3O4S/c1-4-12(11-13-7-6-10-29-13)22-16-17(20(27)19(16)26)23-15-9-5-8-14(18(15)25)21(28)24(2)3/h5,7-9,12,22-23,25H,4,6,10-11H2,1-3H3/t12-/m0/s1. The summed E-state index contributed by atoms with van der Waals surface area (Å²) in [5.41, 5.74) is -0.542. The number of aromatic hydroxyl groups is 1. The SMILES string of the molecule is CC[C@@H](CC1=CCCS1)Nc1c(Nc2cccc(C(=O)N(C)C)c2O)c(=O)c1=O. The van der Waals surface area contributed by atoms with Gasteiger partial charge in [0.2, 0.25) is 0 Å². The summed E-state index contributed by atoms with van der Waals surface area (Å²) in [4.78, 5) is 39.1. The van der Waals surface area contributed by atoms with Crippen molar-refractivity contribution < 1.29 is 9.90 Å². The van der Waals surface area contributed by atoms with E-state index in [9.17, 15) is 19.5 Å². The summed E-state index contributed by atoms with van der Waals surface area (Å²) in [6, 6.07) is 4.70. The summed E-state index contributed by atoms with van der Waals surface area (Å²) in [6.45, 7) is 2.03. The van der Waals surface area contributed by atoms with E-state index in [0.717, 1.165) is 25.0 Å². The van der Waals surface area contributed by atoms with Crippen LogP contribution < -0.4 is 21.5 Å². The first-order valence-electron chi connectivity index (χ1n) is 9.55. The third-order valence-electron chi connectivity index (χ3n) is 4.91. The Morgan fingerprint density at radius 1 is 1.24 bits per heavy atom. The smallest absolute Gasteiger partial charge is 0.257 e. The zero-order chi connectivity index (χ0) is 21.1. The second kappa shape index (κ2) is 8.73. The molecule has 0 aliphatic carbocycles. The molecule has 0 saturated carbocycles. The van der Waals surface area contributed by atoms with Crippen molar-refractivity contribution in [3.8, 4) is 5.75 Å². The number of hydrogen-bond acceptors (Lipinski definition) is 7. The molecule has 1 aliphatic rings. The molecule has 0 fully saturated rings. The monoisotopic (exact) mass is 415 g/mol. The van der Waals surface area contributed by atoms with Gasteiger partial charge in [-0.05, 0) is 36.3 Å². The first-order valence-corrected chi connectivity index (χ1v) is 10.5. The molecule has 0 unspecified atom stereocenters. The van der Waals surface area contributed by atoms with Crippen LogP contribution in [0.3, 0.4) is 0 Å².